The number of halogens is 2. The third kappa shape index (κ3) is 6.84. The van der Waals surface area contributed by atoms with Gasteiger partial charge in [0.1, 0.15) is 0 Å². The number of benzene rings is 1. The lowest BCUT2D eigenvalue weighted by Crippen LogP contribution is -2.41. The molecule has 1 aromatic rings. The maximum Gasteiger partial charge on any atom is 0.253 e. The second kappa shape index (κ2) is 8.88. The van der Waals surface area contributed by atoms with Gasteiger partial charge < -0.3 is 16.4 Å². The van der Waals surface area contributed by atoms with Crippen LogP contribution in [0.25, 0.3) is 0 Å². The fourth-order valence-corrected chi connectivity index (χ4v) is 2.78. The first-order chi connectivity index (χ1) is 11.2. The van der Waals surface area contributed by atoms with Gasteiger partial charge in [-0.25, -0.2) is 0 Å². The van der Waals surface area contributed by atoms with Crippen molar-refractivity contribution in [2.24, 2.45) is 17.1 Å². The smallest absolute Gasteiger partial charge is 0.253 e. The van der Waals surface area contributed by atoms with E-state index in [1.807, 2.05) is 20.8 Å². The molecule has 5 nitrogen and oxygen atoms in total. The van der Waals surface area contributed by atoms with Crippen LogP contribution in [-0.4, -0.2) is 24.4 Å². The molecule has 1 fully saturated rings. The van der Waals surface area contributed by atoms with Crippen LogP contribution in [0.15, 0.2) is 18.2 Å². The monoisotopic (exact) mass is 387 g/mol. The topological polar surface area (TPSA) is 84.2 Å². The number of hydrogen-bond acceptors (Lipinski definition) is 3. The Labute approximate surface area is 160 Å². The van der Waals surface area contributed by atoms with Crippen molar-refractivity contribution in [2.75, 3.05) is 11.9 Å². The molecule has 0 aliphatic heterocycles. The minimum Gasteiger partial charge on any atom is -0.348 e. The van der Waals surface area contributed by atoms with Gasteiger partial charge in [-0.05, 0) is 42.4 Å². The molecule has 0 radical (unpaired) electrons. The second-order valence-corrected chi connectivity index (χ2v) is 8.04. The maximum atomic E-state index is 12.5. The first kappa shape index (κ1) is 21.7. The molecule has 0 saturated heterocycles. The Morgan fingerprint density at radius 2 is 1.96 bits per heavy atom. The summed E-state index contributed by atoms with van der Waals surface area (Å²) in [6.07, 6.45) is 2.59. The molecule has 0 heterocycles. The van der Waals surface area contributed by atoms with Gasteiger partial charge in [-0.15, -0.1) is 12.4 Å². The molecule has 2 amide bonds. The molecular formula is C18H27Cl2N3O2. The number of hydrogen-bond donors (Lipinski definition) is 3. The van der Waals surface area contributed by atoms with Crippen LogP contribution in [0.5, 0.6) is 0 Å². The van der Waals surface area contributed by atoms with Crippen molar-refractivity contribution >= 4 is 41.5 Å². The highest BCUT2D eigenvalue weighted by Gasteiger charge is 2.31. The van der Waals surface area contributed by atoms with Crippen LogP contribution in [-0.2, 0) is 4.79 Å². The molecule has 1 aromatic carbocycles. The van der Waals surface area contributed by atoms with Gasteiger partial charge in [-0.3, -0.25) is 9.59 Å². The zero-order valence-electron chi connectivity index (χ0n) is 14.9. The van der Waals surface area contributed by atoms with Gasteiger partial charge in [-0.1, -0.05) is 32.4 Å². The molecule has 140 valence electrons. The summed E-state index contributed by atoms with van der Waals surface area (Å²) < 4.78 is 0. The Hall–Kier alpha value is -1.30. The number of carbonyl (C=O) groups excluding carboxylic acids is 2. The summed E-state index contributed by atoms with van der Waals surface area (Å²) in [6, 6.07) is 4.91. The van der Waals surface area contributed by atoms with Gasteiger partial charge in [0.2, 0.25) is 5.91 Å². The predicted octanol–water partition coefficient (Wildman–Crippen LogP) is 3.60. The quantitative estimate of drug-likeness (QED) is 0.696. The van der Waals surface area contributed by atoms with Crippen LogP contribution in [0.3, 0.4) is 0 Å². The van der Waals surface area contributed by atoms with Crippen molar-refractivity contribution in [2.45, 2.75) is 46.1 Å². The summed E-state index contributed by atoms with van der Waals surface area (Å²) >= 11 is 6.15. The number of carbonyl (C=O) groups is 2. The maximum absolute atomic E-state index is 12.5. The standard InChI is InChI=1S/C18H26ClN3O2.ClH/c1-18(2,3)9-16(23)21-12-6-7-14(19)13(8-12)17(24)22-15(10-20)11-4-5-11;/h6-8,11,15H,4-5,9-10,20H2,1-3H3,(H,21,23)(H,22,24);1H. The predicted molar refractivity (Wildman–Crippen MR) is 104 cm³/mol. The lowest BCUT2D eigenvalue weighted by atomic mass is 9.92. The number of amides is 2. The molecule has 25 heavy (non-hydrogen) atoms. The average Bonchev–Trinajstić information content (AvgIpc) is 3.29. The average molecular weight is 388 g/mol. The van der Waals surface area contributed by atoms with Crippen molar-refractivity contribution in [1.82, 2.24) is 5.32 Å². The summed E-state index contributed by atoms with van der Waals surface area (Å²) in [7, 11) is 0. The molecule has 1 atom stereocenters. The van der Waals surface area contributed by atoms with E-state index < -0.39 is 0 Å². The van der Waals surface area contributed by atoms with E-state index >= 15 is 0 Å². The van der Waals surface area contributed by atoms with E-state index in [2.05, 4.69) is 10.6 Å². The van der Waals surface area contributed by atoms with Crippen molar-refractivity contribution in [3.63, 3.8) is 0 Å². The molecule has 2 rings (SSSR count). The van der Waals surface area contributed by atoms with Gasteiger partial charge in [0, 0.05) is 24.7 Å². The van der Waals surface area contributed by atoms with Crippen LogP contribution in [0.2, 0.25) is 5.02 Å². The minimum absolute atomic E-state index is 0. The Morgan fingerprint density at radius 3 is 2.48 bits per heavy atom. The summed E-state index contributed by atoms with van der Waals surface area (Å²) in [5.74, 6) is 0.121. The molecule has 1 aliphatic carbocycles. The van der Waals surface area contributed by atoms with Crippen molar-refractivity contribution in [3.8, 4) is 0 Å². The third-order valence-electron chi connectivity index (χ3n) is 3.95. The van der Waals surface area contributed by atoms with E-state index in [0.717, 1.165) is 12.8 Å². The fourth-order valence-electron chi connectivity index (χ4n) is 2.58. The molecule has 0 bridgehead atoms. The van der Waals surface area contributed by atoms with E-state index in [-0.39, 0.29) is 35.7 Å². The van der Waals surface area contributed by atoms with Gasteiger partial charge in [0.05, 0.1) is 10.6 Å². The molecule has 0 spiro atoms. The highest BCUT2D eigenvalue weighted by atomic mass is 35.5. The SMILES string of the molecule is CC(C)(C)CC(=O)Nc1ccc(Cl)c(C(=O)NC(CN)C2CC2)c1.Cl. The highest BCUT2D eigenvalue weighted by Crippen LogP contribution is 2.32. The number of nitrogens with one attached hydrogen (secondary N) is 2. The van der Waals surface area contributed by atoms with Crippen LogP contribution in [0, 0.1) is 11.3 Å². The molecule has 4 N–H and O–H groups in total. The Balaban J connectivity index is 0.00000312. The van der Waals surface area contributed by atoms with E-state index in [1.54, 1.807) is 18.2 Å². The highest BCUT2D eigenvalue weighted by molar-refractivity contribution is 6.34. The zero-order chi connectivity index (χ0) is 17.9. The van der Waals surface area contributed by atoms with Crippen molar-refractivity contribution < 1.29 is 9.59 Å². The van der Waals surface area contributed by atoms with E-state index in [4.69, 9.17) is 17.3 Å². The van der Waals surface area contributed by atoms with E-state index in [0.29, 0.717) is 35.2 Å². The molecular weight excluding hydrogens is 361 g/mol. The van der Waals surface area contributed by atoms with Crippen LogP contribution in [0.4, 0.5) is 5.69 Å². The van der Waals surface area contributed by atoms with Crippen LogP contribution >= 0.6 is 24.0 Å². The first-order valence-corrected chi connectivity index (χ1v) is 8.68. The van der Waals surface area contributed by atoms with Gasteiger partial charge in [0.25, 0.3) is 5.91 Å². The Morgan fingerprint density at radius 1 is 1.32 bits per heavy atom. The number of nitrogens with two attached hydrogens (primary N) is 1. The van der Waals surface area contributed by atoms with Gasteiger partial charge in [-0.2, -0.15) is 0 Å². The fraction of sp³-hybridized carbons (Fsp3) is 0.556. The van der Waals surface area contributed by atoms with Crippen molar-refractivity contribution in [1.29, 1.82) is 0 Å². The van der Waals surface area contributed by atoms with Crippen LogP contribution < -0.4 is 16.4 Å². The lowest BCUT2D eigenvalue weighted by Gasteiger charge is -2.18. The molecule has 1 saturated carbocycles. The van der Waals surface area contributed by atoms with E-state index in [9.17, 15) is 9.59 Å². The number of rotatable bonds is 6. The van der Waals surface area contributed by atoms with E-state index in [1.165, 1.54) is 0 Å². The van der Waals surface area contributed by atoms with Gasteiger partial charge in [0.15, 0.2) is 0 Å². The second-order valence-electron chi connectivity index (χ2n) is 7.63. The molecule has 1 unspecified atom stereocenters. The normalized spacial score (nSPS) is 15.1. The van der Waals surface area contributed by atoms with Crippen molar-refractivity contribution in [3.05, 3.63) is 28.8 Å². The summed E-state index contributed by atoms with van der Waals surface area (Å²) in [6.45, 7) is 6.41. The largest absolute Gasteiger partial charge is 0.348 e. The zero-order valence-corrected chi connectivity index (χ0v) is 16.5. The third-order valence-corrected chi connectivity index (χ3v) is 4.28. The summed E-state index contributed by atoms with van der Waals surface area (Å²) in [5, 5.41) is 6.12. The summed E-state index contributed by atoms with van der Waals surface area (Å²) in [5.41, 5.74) is 6.54. The molecule has 0 aromatic heterocycles. The molecule has 7 heteroatoms. The Bertz CT molecular complexity index is 625. The summed E-state index contributed by atoms with van der Waals surface area (Å²) in [4.78, 5) is 24.5. The molecule has 1 aliphatic rings. The number of anilines is 1. The Kier molecular flexibility index (Phi) is 7.72. The lowest BCUT2D eigenvalue weighted by molar-refractivity contribution is -0.117. The van der Waals surface area contributed by atoms with Crippen LogP contribution in [0.1, 0.15) is 50.4 Å². The van der Waals surface area contributed by atoms with Gasteiger partial charge >= 0.3 is 0 Å². The minimum atomic E-state index is -0.255. The first-order valence-electron chi connectivity index (χ1n) is 8.30.